The molecule has 0 amide bonds. The average molecular weight is 188 g/mol. The molecule has 0 bridgehead atoms. The van der Waals surface area contributed by atoms with Crippen molar-refractivity contribution in [3.63, 3.8) is 0 Å². The van der Waals surface area contributed by atoms with Crippen molar-refractivity contribution < 1.29 is 5.11 Å². The van der Waals surface area contributed by atoms with Crippen LogP contribution in [0.1, 0.15) is 25.3 Å². The molecule has 1 unspecified atom stereocenters. The fourth-order valence-corrected chi connectivity index (χ4v) is 1.34. The molecule has 14 heavy (non-hydrogen) atoms. The molecule has 0 heterocycles. The van der Waals surface area contributed by atoms with Crippen molar-refractivity contribution in [3.8, 4) is 5.75 Å². The van der Waals surface area contributed by atoms with Crippen molar-refractivity contribution in [2.45, 2.75) is 19.8 Å². The van der Waals surface area contributed by atoms with Gasteiger partial charge in [-0.25, -0.2) is 0 Å². The summed E-state index contributed by atoms with van der Waals surface area (Å²) in [5, 5.41) is 9.14. The third kappa shape index (κ3) is 2.49. The molecule has 0 saturated heterocycles. The maximum atomic E-state index is 9.14. The minimum atomic E-state index is 0.298. The highest BCUT2D eigenvalue weighted by Gasteiger charge is 2.06. The van der Waals surface area contributed by atoms with Gasteiger partial charge in [0.25, 0.3) is 0 Å². The van der Waals surface area contributed by atoms with Crippen molar-refractivity contribution in [3.05, 3.63) is 54.1 Å². The maximum Gasteiger partial charge on any atom is 0.115 e. The molecule has 0 radical (unpaired) electrons. The van der Waals surface area contributed by atoms with E-state index in [4.69, 9.17) is 5.11 Å². The van der Waals surface area contributed by atoms with Gasteiger partial charge < -0.3 is 5.11 Å². The highest BCUT2D eigenvalue weighted by Crippen LogP contribution is 2.24. The van der Waals surface area contributed by atoms with E-state index < -0.39 is 0 Å². The van der Waals surface area contributed by atoms with Crippen LogP contribution < -0.4 is 0 Å². The first-order valence-electron chi connectivity index (χ1n) is 4.75. The second kappa shape index (κ2) is 4.66. The van der Waals surface area contributed by atoms with Crippen LogP contribution in [0.15, 0.2) is 48.6 Å². The third-order valence-corrected chi connectivity index (χ3v) is 2.33. The molecule has 1 aromatic rings. The van der Waals surface area contributed by atoms with Crippen LogP contribution in [0.25, 0.3) is 0 Å². The van der Waals surface area contributed by atoms with Crippen LogP contribution in [-0.2, 0) is 0 Å². The quantitative estimate of drug-likeness (QED) is 0.718. The predicted molar refractivity (Wildman–Crippen MR) is 60.5 cm³/mol. The fraction of sp³-hybridized carbons (Fsp3) is 0.231. The monoisotopic (exact) mass is 188 g/mol. The molecule has 1 rings (SSSR count). The SMILES string of the molecule is C=C(C=CC)C(C)c1ccc(O)cc1. The Labute approximate surface area is 85.4 Å². The van der Waals surface area contributed by atoms with Crippen LogP contribution in [0.5, 0.6) is 5.75 Å². The summed E-state index contributed by atoms with van der Waals surface area (Å²) >= 11 is 0. The minimum Gasteiger partial charge on any atom is -0.508 e. The zero-order valence-corrected chi connectivity index (χ0v) is 8.70. The molecule has 1 heteroatoms. The van der Waals surface area contributed by atoms with E-state index in [0.29, 0.717) is 11.7 Å². The van der Waals surface area contributed by atoms with Gasteiger partial charge in [0.05, 0.1) is 0 Å². The Bertz CT molecular complexity index is 333. The lowest BCUT2D eigenvalue weighted by atomic mass is 9.94. The highest BCUT2D eigenvalue weighted by molar-refractivity contribution is 5.35. The van der Waals surface area contributed by atoms with Crippen molar-refractivity contribution in [1.29, 1.82) is 0 Å². The van der Waals surface area contributed by atoms with E-state index in [0.717, 1.165) is 5.57 Å². The van der Waals surface area contributed by atoms with E-state index in [2.05, 4.69) is 13.5 Å². The zero-order chi connectivity index (χ0) is 10.6. The van der Waals surface area contributed by atoms with Crippen LogP contribution in [0.3, 0.4) is 0 Å². The third-order valence-electron chi connectivity index (χ3n) is 2.33. The average Bonchev–Trinajstić information content (AvgIpc) is 2.18. The number of rotatable bonds is 3. The van der Waals surface area contributed by atoms with Gasteiger partial charge in [0, 0.05) is 5.92 Å². The molecule has 1 aromatic carbocycles. The van der Waals surface area contributed by atoms with Crippen LogP contribution in [0.4, 0.5) is 0 Å². The number of aromatic hydroxyl groups is 1. The van der Waals surface area contributed by atoms with Crippen LogP contribution in [-0.4, -0.2) is 5.11 Å². The first-order chi connectivity index (χ1) is 6.65. The molecule has 0 aliphatic carbocycles. The van der Waals surface area contributed by atoms with Gasteiger partial charge in [-0.2, -0.15) is 0 Å². The zero-order valence-electron chi connectivity index (χ0n) is 8.70. The molecule has 0 aromatic heterocycles. The molecule has 0 fully saturated rings. The summed E-state index contributed by atoms with van der Waals surface area (Å²) in [5.41, 5.74) is 2.25. The van der Waals surface area contributed by atoms with Crippen molar-refractivity contribution >= 4 is 0 Å². The molecule has 0 saturated carbocycles. The van der Waals surface area contributed by atoms with Gasteiger partial charge >= 0.3 is 0 Å². The van der Waals surface area contributed by atoms with E-state index in [9.17, 15) is 0 Å². The molecule has 0 aliphatic rings. The number of phenols is 1. The van der Waals surface area contributed by atoms with Crippen LogP contribution >= 0.6 is 0 Å². The Kier molecular flexibility index (Phi) is 3.52. The summed E-state index contributed by atoms with van der Waals surface area (Å²) in [7, 11) is 0. The smallest absolute Gasteiger partial charge is 0.115 e. The first kappa shape index (κ1) is 10.6. The van der Waals surface area contributed by atoms with Gasteiger partial charge in [-0.1, -0.05) is 37.8 Å². The summed E-state index contributed by atoms with van der Waals surface area (Å²) in [6, 6.07) is 7.26. The van der Waals surface area contributed by atoms with E-state index >= 15 is 0 Å². The van der Waals surface area contributed by atoms with Gasteiger partial charge in [0.15, 0.2) is 0 Å². The molecule has 0 aliphatic heterocycles. The van der Waals surface area contributed by atoms with E-state index in [1.165, 1.54) is 5.56 Å². The number of hydrogen-bond donors (Lipinski definition) is 1. The summed E-state index contributed by atoms with van der Waals surface area (Å²) in [6.07, 6.45) is 4.00. The Balaban J connectivity index is 2.84. The lowest BCUT2D eigenvalue weighted by Gasteiger charge is -2.11. The lowest BCUT2D eigenvalue weighted by Crippen LogP contribution is -1.94. The van der Waals surface area contributed by atoms with Gasteiger partial charge in [-0.3, -0.25) is 0 Å². The van der Waals surface area contributed by atoms with Crippen molar-refractivity contribution in [1.82, 2.24) is 0 Å². The standard InChI is InChI=1S/C13H16O/c1-4-5-10(2)11(3)12-6-8-13(14)9-7-12/h4-9,11,14H,2H2,1,3H3. The molecule has 74 valence electrons. The van der Waals surface area contributed by atoms with Crippen LogP contribution in [0, 0.1) is 0 Å². The topological polar surface area (TPSA) is 20.2 Å². The number of hydrogen-bond acceptors (Lipinski definition) is 1. The second-order valence-electron chi connectivity index (χ2n) is 3.39. The van der Waals surface area contributed by atoms with Gasteiger partial charge in [0.2, 0.25) is 0 Å². The molecular weight excluding hydrogens is 172 g/mol. The summed E-state index contributed by atoms with van der Waals surface area (Å²) in [6.45, 7) is 8.08. The lowest BCUT2D eigenvalue weighted by molar-refractivity contribution is 0.475. The summed E-state index contributed by atoms with van der Waals surface area (Å²) in [4.78, 5) is 0. The van der Waals surface area contributed by atoms with E-state index in [-0.39, 0.29) is 0 Å². The largest absolute Gasteiger partial charge is 0.508 e. The number of allylic oxidation sites excluding steroid dienone is 3. The minimum absolute atomic E-state index is 0.298. The predicted octanol–water partition coefficient (Wildman–Crippen LogP) is 3.63. The summed E-state index contributed by atoms with van der Waals surface area (Å²) < 4.78 is 0. The van der Waals surface area contributed by atoms with Gasteiger partial charge in [-0.15, -0.1) is 0 Å². The molecule has 1 atom stereocenters. The molecular formula is C13H16O. The van der Waals surface area contributed by atoms with Gasteiger partial charge in [0.1, 0.15) is 5.75 Å². The first-order valence-corrected chi connectivity index (χ1v) is 4.75. The van der Waals surface area contributed by atoms with E-state index in [1.54, 1.807) is 12.1 Å². The normalized spacial score (nSPS) is 13.0. The summed E-state index contributed by atoms with van der Waals surface area (Å²) in [5.74, 6) is 0.601. The molecule has 1 N–H and O–H groups in total. The Morgan fingerprint density at radius 3 is 2.43 bits per heavy atom. The highest BCUT2D eigenvalue weighted by atomic mass is 16.3. The second-order valence-corrected chi connectivity index (χ2v) is 3.39. The van der Waals surface area contributed by atoms with E-state index in [1.807, 2.05) is 31.2 Å². The van der Waals surface area contributed by atoms with Gasteiger partial charge in [-0.05, 0) is 30.2 Å². The Morgan fingerprint density at radius 1 is 1.36 bits per heavy atom. The number of benzene rings is 1. The number of phenolic OH excluding ortho intramolecular Hbond substituents is 1. The Hall–Kier alpha value is -1.50. The fourth-order valence-electron chi connectivity index (χ4n) is 1.34. The Morgan fingerprint density at radius 2 is 1.93 bits per heavy atom. The maximum absolute atomic E-state index is 9.14. The van der Waals surface area contributed by atoms with Crippen molar-refractivity contribution in [2.24, 2.45) is 0 Å². The molecule has 0 spiro atoms. The molecule has 1 nitrogen and oxygen atoms in total. The van der Waals surface area contributed by atoms with Crippen LogP contribution in [0.2, 0.25) is 0 Å². The van der Waals surface area contributed by atoms with Crippen molar-refractivity contribution in [2.75, 3.05) is 0 Å².